The molecule has 0 aromatic carbocycles. The zero-order chi connectivity index (χ0) is 17.9. The van der Waals surface area contributed by atoms with Crippen molar-refractivity contribution in [1.82, 2.24) is 0 Å². The van der Waals surface area contributed by atoms with Gasteiger partial charge in [-0.25, -0.2) is 29.3 Å². The molecule has 0 aromatic rings. The zero-order valence-corrected chi connectivity index (χ0v) is 14.8. The summed E-state index contributed by atoms with van der Waals surface area (Å²) in [6, 6.07) is 0. The number of ether oxygens (including phenoxy) is 2. The van der Waals surface area contributed by atoms with Gasteiger partial charge < -0.3 is 9.47 Å². The monoisotopic (exact) mass is 354 g/mol. The van der Waals surface area contributed by atoms with Crippen LogP contribution in [0.2, 0.25) is 0 Å². The van der Waals surface area contributed by atoms with Crippen molar-refractivity contribution in [1.29, 1.82) is 0 Å². The summed E-state index contributed by atoms with van der Waals surface area (Å²) in [5, 5.41) is 0. The number of Topliss-reactive ketones (excluding diaryl/α,β-unsaturated/α-hetero) is 1. The normalized spacial score (nSPS) is 11.3. The van der Waals surface area contributed by atoms with Crippen molar-refractivity contribution < 1.29 is 43.6 Å². The predicted octanol–water partition coefficient (Wildman–Crippen LogP) is 1.11. The van der Waals surface area contributed by atoms with E-state index in [-0.39, 0.29) is 44.7 Å². The van der Waals surface area contributed by atoms with Crippen LogP contribution >= 0.6 is 0 Å². The number of hydrogen-bond donors (Lipinski definition) is 0. The minimum Gasteiger partial charge on any atom is -0.382 e. The SMILES string of the molecule is COCCOOCCOOCCOOCCOCCC(=O)C(C)C. The quantitative estimate of drug-likeness (QED) is 0.192. The largest absolute Gasteiger partial charge is 0.382 e. The van der Waals surface area contributed by atoms with Crippen molar-refractivity contribution in [2.75, 3.05) is 66.6 Å². The third kappa shape index (κ3) is 17.7. The molecule has 0 saturated carbocycles. The molecule has 0 aliphatic heterocycles. The van der Waals surface area contributed by atoms with E-state index in [1.165, 1.54) is 0 Å². The fourth-order valence-corrected chi connectivity index (χ4v) is 1.26. The van der Waals surface area contributed by atoms with Crippen LogP contribution in [0.5, 0.6) is 0 Å². The summed E-state index contributed by atoms with van der Waals surface area (Å²) in [4.78, 5) is 40.2. The van der Waals surface area contributed by atoms with E-state index in [0.29, 0.717) is 32.8 Å². The van der Waals surface area contributed by atoms with Crippen molar-refractivity contribution in [3.63, 3.8) is 0 Å². The minimum atomic E-state index is 0.0464. The van der Waals surface area contributed by atoms with Gasteiger partial charge in [-0.15, -0.1) is 0 Å². The second-order valence-electron chi connectivity index (χ2n) is 4.91. The lowest BCUT2D eigenvalue weighted by Gasteiger charge is -2.07. The van der Waals surface area contributed by atoms with E-state index >= 15 is 0 Å². The minimum absolute atomic E-state index is 0.0464. The lowest BCUT2D eigenvalue weighted by molar-refractivity contribution is -0.360. The number of hydrogen-bond acceptors (Lipinski definition) is 9. The Kier molecular flexibility index (Phi) is 18.2. The number of ketones is 1. The number of rotatable bonds is 19. The number of methoxy groups -OCH3 is 1. The van der Waals surface area contributed by atoms with E-state index in [4.69, 9.17) is 38.8 Å². The highest BCUT2D eigenvalue weighted by atomic mass is 17.2. The van der Waals surface area contributed by atoms with Gasteiger partial charge in [0.2, 0.25) is 0 Å². The van der Waals surface area contributed by atoms with Crippen LogP contribution in [0.15, 0.2) is 0 Å². The average Bonchev–Trinajstić information content (AvgIpc) is 2.57. The Morgan fingerprint density at radius 1 is 0.667 bits per heavy atom. The molecule has 0 aromatic heterocycles. The van der Waals surface area contributed by atoms with Gasteiger partial charge in [-0.05, 0) is 0 Å². The van der Waals surface area contributed by atoms with E-state index in [1.54, 1.807) is 7.11 Å². The van der Waals surface area contributed by atoms with Crippen LogP contribution in [0.3, 0.4) is 0 Å². The third-order valence-corrected chi connectivity index (χ3v) is 2.57. The van der Waals surface area contributed by atoms with Crippen LogP contribution in [0.4, 0.5) is 0 Å². The topological polar surface area (TPSA) is 90.9 Å². The third-order valence-electron chi connectivity index (χ3n) is 2.57. The summed E-state index contributed by atoms with van der Waals surface area (Å²) >= 11 is 0. The van der Waals surface area contributed by atoms with Crippen LogP contribution in [0, 0.1) is 5.92 Å². The molecule has 0 spiro atoms. The van der Waals surface area contributed by atoms with Gasteiger partial charge in [0.05, 0.1) is 19.8 Å². The van der Waals surface area contributed by atoms with E-state index in [9.17, 15) is 4.79 Å². The molecule has 0 N–H and O–H groups in total. The van der Waals surface area contributed by atoms with Crippen molar-refractivity contribution in [2.24, 2.45) is 5.92 Å². The highest BCUT2D eigenvalue weighted by Gasteiger charge is 2.06. The second kappa shape index (κ2) is 18.7. The lowest BCUT2D eigenvalue weighted by Crippen LogP contribution is -2.13. The molecule has 0 aliphatic carbocycles. The Hall–Kier alpha value is -0.650. The van der Waals surface area contributed by atoms with Gasteiger partial charge in [0.15, 0.2) is 0 Å². The van der Waals surface area contributed by atoms with E-state index in [2.05, 4.69) is 0 Å². The Labute approximate surface area is 143 Å². The highest BCUT2D eigenvalue weighted by Crippen LogP contribution is 1.98. The van der Waals surface area contributed by atoms with Crippen molar-refractivity contribution >= 4 is 5.78 Å². The molecule has 0 saturated heterocycles. The number of carbonyl (C=O) groups excluding carboxylic acids is 1. The second-order valence-corrected chi connectivity index (χ2v) is 4.91. The van der Waals surface area contributed by atoms with E-state index in [0.717, 1.165) is 0 Å². The standard InChI is InChI=1S/C15H30O9/c1-14(2)15(16)4-5-18-7-9-20-22-11-13-24-23-12-10-21-19-8-6-17-3/h14H,4-13H2,1-3H3. The molecule has 0 aliphatic rings. The van der Waals surface area contributed by atoms with Crippen molar-refractivity contribution in [3.8, 4) is 0 Å². The Morgan fingerprint density at radius 2 is 1.08 bits per heavy atom. The highest BCUT2D eigenvalue weighted by molar-refractivity contribution is 5.80. The summed E-state index contributed by atoms with van der Waals surface area (Å²) in [7, 11) is 1.58. The summed E-state index contributed by atoms with van der Waals surface area (Å²) in [6.07, 6.45) is 0.421. The average molecular weight is 354 g/mol. The molecule has 24 heavy (non-hydrogen) atoms. The lowest BCUT2D eigenvalue weighted by atomic mass is 10.1. The van der Waals surface area contributed by atoms with Gasteiger partial charge in [0.1, 0.15) is 45.4 Å². The first-order valence-corrected chi connectivity index (χ1v) is 8.01. The van der Waals surface area contributed by atoms with Gasteiger partial charge >= 0.3 is 0 Å². The van der Waals surface area contributed by atoms with E-state index in [1.807, 2.05) is 13.8 Å². The fourth-order valence-electron chi connectivity index (χ4n) is 1.26. The Balaban J connectivity index is 3.04. The van der Waals surface area contributed by atoms with Crippen molar-refractivity contribution in [2.45, 2.75) is 20.3 Å². The molecule has 9 nitrogen and oxygen atoms in total. The maximum Gasteiger partial charge on any atom is 0.137 e. The maximum atomic E-state index is 11.3. The molecular formula is C15H30O9. The predicted molar refractivity (Wildman–Crippen MR) is 82.9 cm³/mol. The molecule has 0 fully saturated rings. The Bertz CT molecular complexity index is 274. The van der Waals surface area contributed by atoms with Gasteiger partial charge in [-0.1, -0.05) is 13.8 Å². The molecule has 0 amide bonds. The molecule has 144 valence electrons. The first-order valence-electron chi connectivity index (χ1n) is 8.01. The molecule has 0 atom stereocenters. The molecule has 0 radical (unpaired) electrons. The smallest absolute Gasteiger partial charge is 0.137 e. The Morgan fingerprint density at radius 3 is 1.50 bits per heavy atom. The van der Waals surface area contributed by atoms with Crippen LogP contribution in [0.1, 0.15) is 20.3 Å². The zero-order valence-electron chi connectivity index (χ0n) is 14.8. The van der Waals surface area contributed by atoms with Crippen LogP contribution < -0.4 is 0 Å². The first-order chi connectivity index (χ1) is 11.7. The molecule has 0 heterocycles. The molecule has 9 heteroatoms. The first kappa shape index (κ1) is 23.4. The summed E-state index contributed by atoms with van der Waals surface area (Å²) < 4.78 is 10.0. The van der Waals surface area contributed by atoms with Crippen LogP contribution in [0.25, 0.3) is 0 Å². The molecule has 0 bridgehead atoms. The maximum absolute atomic E-state index is 11.3. The molecule has 0 unspecified atom stereocenters. The van der Waals surface area contributed by atoms with Gasteiger partial charge in [-0.3, -0.25) is 4.79 Å². The van der Waals surface area contributed by atoms with E-state index < -0.39 is 0 Å². The summed E-state index contributed by atoms with van der Waals surface area (Å²) in [6.45, 7) is 6.53. The molecule has 0 rings (SSSR count). The van der Waals surface area contributed by atoms with Gasteiger partial charge in [-0.2, -0.15) is 0 Å². The van der Waals surface area contributed by atoms with Crippen molar-refractivity contribution in [3.05, 3.63) is 0 Å². The summed E-state index contributed by atoms with van der Waals surface area (Å²) in [5.74, 6) is 0.237. The van der Waals surface area contributed by atoms with Gasteiger partial charge in [0, 0.05) is 19.4 Å². The molecular weight excluding hydrogens is 324 g/mol. The fraction of sp³-hybridized carbons (Fsp3) is 0.933. The summed E-state index contributed by atoms with van der Waals surface area (Å²) in [5.41, 5.74) is 0. The van der Waals surface area contributed by atoms with Crippen LogP contribution in [-0.4, -0.2) is 72.4 Å². The van der Waals surface area contributed by atoms with Gasteiger partial charge in [0.25, 0.3) is 0 Å². The number of carbonyl (C=O) groups is 1. The van der Waals surface area contributed by atoms with Crippen LogP contribution in [-0.2, 0) is 43.6 Å².